The maximum absolute atomic E-state index is 10.1. The number of aromatic hydroxyl groups is 1. The van der Waals surface area contributed by atoms with Crippen LogP contribution in [-0.2, 0) is 0 Å². The van der Waals surface area contributed by atoms with Crippen LogP contribution in [0, 0.1) is 0 Å². The minimum Gasteiger partial charge on any atom is -0.507 e. The smallest absolute Gasteiger partial charge is 0.128 e. The Balaban J connectivity index is 2.02. The fourth-order valence-electron chi connectivity index (χ4n) is 2.18. The first-order chi connectivity index (χ1) is 11.1. The Bertz CT molecular complexity index is 624. The third kappa shape index (κ3) is 5.08. The van der Waals surface area contributed by atoms with E-state index in [1.807, 2.05) is 12.1 Å². The average Bonchev–Trinajstić information content (AvgIpc) is 3.04. The Hall–Kier alpha value is -1.85. The lowest BCUT2D eigenvalue weighted by molar-refractivity contribution is 0.311. The van der Waals surface area contributed by atoms with Gasteiger partial charge >= 0.3 is 0 Å². The summed E-state index contributed by atoms with van der Waals surface area (Å²) in [4.78, 5) is 7.96. The van der Waals surface area contributed by atoms with Crippen LogP contribution in [0.3, 0.4) is 0 Å². The molecule has 124 valence electrons. The van der Waals surface area contributed by atoms with E-state index in [1.165, 1.54) is 4.88 Å². The molecule has 0 saturated heterocycles. The van der Waals surface area contributed by atoms with Crippen LogP contribution in [0.4, 0.5) is 0 Å². The molecule has 0 bridgehead atoms. The lowest BCUT2D eigenvalue weighted by atomic mass is 10.2. The van der Waals surface area contributed by atoms with Crippen LogP contribution in [0.15, 0.2) is 40.7 Å². The van der Waals surface area contributed by atoms with Crippen LogP contribution in [0.5, 0.6) is 11.5 Å². The van der Waals surface area contributed by atoms with Gasteiger partial charge in [-0.05, 0) is 44.1 Å². The van der Waals surface area contributed by atoms with Crippen molar-refractivity contribution in [1.82, 2.24) is 4.90 Å². The number of ether oxygens (including phenoxy) is 1. The molecule has 0 aliphatic carbocycles. The topological polar surface area (TPSA) is 45.1 Å². The largest absolute Gasteiger partial charge is 0.507 e. The fraction of sp³-hybridized carbons (Fsp3) is 0.389. The van der Waals surface area contributed by atoms with Gasteiger partial charge in [0.1, 0.15) is 11.5 Å². The standard InChI is InChI=1S/C18H24N2O2S/c1-4-9-22-15-8-7-14(17(21)11-15)12-19-13-16(20(2)3)18-6-5-10-23-18/h5-8,10-12,16,21H,4,9,13H2,1-3H3/t16-/m1/s1. The number of benzene rings is 1. The van der Waals surface area contributed by atoms with Crippen LogP contribution < -0.4 is 4.74 Å². The molecule has 2 aromatic rings. The molecule has 0 spiro atoms. The Labute approximate surface area is 142 Å². The van der Waals surface area contributed by atoms with Gasteiger partial charge in [-0.1, -0.05) is 13.0 Å². The van der Waals surface area contributed by atoms with E-state index in [4.69, 9.17) is 4.74 Å². The molecule has 4 nitrogen and oxygen atoms in total. The summed E-state index contributed by atoms with van der Waals surface area (Å²) >= 11 is 1.74. The highest BCUT2D eigenvalue weighted by atomic mass is 32.1. The van der Waals surface area contributed by atoms with Crippen LogP contribution in [-0.4, -0.2) is 43.5 Å². The number of nitrogens with zero attached hydrogens (tertiary/aromatic N) is 2. The second kappa shape index (κ2) is 8.70. The zero-order chi connectivity index (χ0) is 16.7. The van der Waals surface area contributed by atoms with Crippen molar-refractivity contribution >= 4 is 17.6 Å². The molecule has 0 aliphatic heterocycles. The van der Waals surface area contributed by atoms with E-state index in [0.717, 1.165) is 6.42 Å². The number of phenolic OH excluding ortho intramolecular Hbond substituents is 1. The molecule has 1 heterocycles. The number of likely N-dealkylation sites (N-methyl/N-ethyl adjacent to an activating group) is 1. The highest BCUT2D eigenvalue weighted by Crippen LogP contribution is 2.25. The molecule has 2 rings (SSSR count). The van der Waals surface area contributed by atoms with Gasteiger partial charge in [0.05, 0.1) is 19.2 Å². The van der Waals surface area contributed by atoms with E-state index in [0.29, 0.717) is 24.5 Å². The Morgan fingerprint density at radius 3 is 2.78 bits per heavy atom. The Kier molecular flexibility index (Phi) is 6.62. The van der Waals surface area contributed by atoms with Gasteiger partial charge in [0, 0.05) is 22.7 Å². The molecule has 1 aromatic carbocycles. The van der Waals surface area contributed by atoms with Gasteiger partial charge in [-0.2, -0.15) is 0 Å². The van der Waals surface area contributed by atoms with E-state index in [-0.39, 0.29) is 11.8 Å². The van der Waals surface area contributed by atoms with Crippen LogP contribution >= 0.6 is 11.3 Å². The van der Waals surface area contributed by atoms with E-state index >= 15 is 0 Å². The van der Waals surface area contributed by atoms with Gasteiger partial charge in [0.15, 0.2) is 0 Å². The molecule has 5 heteroatoms. The average molecular weight is 332 g/mol. The van der Waals surface area contributed by atoms with Gasteiger partial charge in [0.2, 0.25) is 0 Å². The maximum atomic E-state index is 10.1. The number of aliphatic imine (C=N–C) groups is 1. The molecule has 0 amide bonds. The lowest BCUT2D eigenvalue weighted by Gasteiger charge is -2.21. The first-order valence-corrected chi connectivity index (χ1v) is 8.65. The Morgan fingerprint density at radius 1 is 1.35 bits per heavy atom. The zero-order valence-corrected chi connectivity index (χ0v) is 14.7. The van der Waals surface area contributed by atoms with Gasteiger partial charge in [0.25, 0.3) is 0 Å². The summed E-state index contributed by atoms with van der Waals surface area (Å²) in [5, 5.41) is 12.1. The summed E-state index contributed by atoms with van der Waals surface area (Å²) in [7, 11) is 4.11. The number of hydrogen-bond acceptors (Lipinski definition) is 5. The molecule has 23 heavy (non-hydrogen) atoms. The lowest BCUT2D eigenvalue weighted by Crippen LogP contribution is -2.21. The van der Waals surface area contributed by atoms with Gasteiger partial charge < -0.3 is 14.7 Å². The van der Waals surface area contributed by atoms with E-state index in [1.54, 1.807) is 23.6 Å². The molecular formula is C18H24N2O2S. The van der Waals surface area contributed by atoms with Crippen molar-refractivity contribution in [3.63, 3.8) is 0 Å². The number of rotatable bonds is 8. The second-order valence-corrected chi connectivity index (χ2v) is 6.54. The van der Waals surface area contributed by atoms with E-state index < -0.39 is 0 Å². The summed E-state index contributed by atoms with van der Waals surface area (Å²) in [6, 6.07) is 9.77. The van der Waals surface area contributed by atoms with Crippen LogP contribution in [0.25, 0.3) is 0 Å². The Morgan fingerprint density at radius 2 is 2.17 bits per heavy atom. The quantitative estimate of drug-likeness (QED) is 0.744. The van der Waals surface area contributed by atoms with Crippen molar-refractivity contribution < 1.29 is 9.84 Å². The molecule has 0 aliphatic rings. The van der Waals surface area contributed by atoms with Crippen molar-refractivity contribution in [3.05, 3.63) is 46.2 Å². The SMILES string of the molecule is CCCOc1ccc(C=NC[C@H](c2cccs2)N(C)C)c(O)c1. The summed E-state index contributed by atoms with van der Waals surface area (Å²) in [6.45, 7) is 3.36. The van der Waals surface area contributed by atoms with Crippen LogP contribution in [0.2, 0.25) is 0 Å². The zero-order valence-electron chi connectivity index (χ0n) is 13.9. The molecule has 0 unspecified atom stereocenters. The fourth-order valence-corrected chi connectivity index (χ4v) is 3.10. The molecule has 1 atom stereocenters. The highest BCUT2D eigenvalue weighted by Gasteiger charge is 2.14. The number of hydrogen-bond donors (Lipinski definition) is 1. The third-order valence-corrected chi connectivity index (χ3v) is 4.45. The first kappa shape index (κ1) is 17.5. The molecule has 0 saturated carbocycles. The highest BCUT2D eigenvalue weighted by molar-refractivity contribution is 7.10. The molecule has 0 fully saturated rings. The predicted molar refractivity (Wildman–Crippen MR) is 97.1 cm³/mol. The van der Waals surface area contributed by atoms with E-state index in [2.05, 4.69) is 48.4 Å². The number of phenols is 1. The van der Waals surface area contributed by atoms with Gasteiger partial charge in [-0.3, -0.25) is 4.99 Å². The summed E-state index contributed by atoms with van der Waals surface area (Å²) in [6.07, 6.45) is 2.67. The molecular weight excluding hydrogens is 308 g/mol. The summed E-state index contributed by atoms with van der Waals surface area (Å²) in [5.74, 6) is 0.881. The normalized spacial score (nSPS) is 12.9. The van der Waals surface area contributed by atoms with Gasteiger partial charge in [-0.25, -0.2) is 0 Å². The molecule has 1 aromatic heterocycles. The van der Waals surface area contributed by atoms with Gasteiger partial charge in [-0.15, -0.1) is 11.3 Å². The molecule has 0 radical (unpaired) electrons. The van der Waals surface area contributed by atoms with Crippen LogP contribution in [0.1, 0.15) is 29.8 Å². The number of thiophene rings is 1. The minimum absolute atomic E-state index is 0.194. The van der Waals surface area contributed by atoms with Crippen molar-refractivity contribution in [3.8, 4) is 11.5 Å². The molecule has 1 N–H and O–H groups in total. The minimum atomic E-state index is 0.194. The van der Waals surface area contributed by atoms with Crippen molar-refractivity contribution in [2.45, 2.75) is 19.4 Å². The first-order valence-electron chi connectivity index (χ1n) is 7.77. The van der Waals surface area contributed by atoms with Crippen molar-refractivity contribution in [2.75, 3.05) is 27.2 Å². The summed E-state index contributed by atoms with van der Waals surface area (Å²) < 4.78 is 5.50. The summed E-state index contributed by atoms with van der Waals surface area (Å²) in [5.41, 5.74) is 0.706. The van der Waals surface area contributed by atoms with Crippen molar-refractivity contribution in [1.29, 1.82) is 0 Å². The third-order valence-electron chi connectivity index (χ3n) is 3.48. The van der Waals surface area contributed by atoms with E-state index in [9.17, 15) is 5.11 Å². The predicted octanol–water partition coefficient (Wildman–Crippen LogP) is 3.96. The second-order valence-electron chi connectivity index (χ2n) is 5.56. The monoisotopic (exact) mass is 332 g/mol. The van der Waals surface area contributed by atoms with Crippen molar-refractivity contribution in [2.24, 2.45) is 4.99 Å². The maximum Gasteiger partial charge on any atom is 0.128 e.